The van der Waals surface area contributed by atoms with E-state index >= 15 is 0 Å². The van der Waals surface area contributed by atoms with Crippen molar-refractivity contribution in [3.8, 4) is 28.3 Å². The number of aromatic nitrogens is 3. The number of fused-ring (bicyclic) bond motifs is 8. The quantitative estimate of drug-likeness (QED) is 0.157. The molecule has 0 atom stereocenters. The molecule has 0 spiro atoms. The number of rotatable bonds is 7. The summed E-state index contributed by atoms with van der Waals surface area (Å²) < 4.78 is 7.28. The zero-order valence-electron chi connectivity index (χ0n) is 34.6. The Bertz CT molecular complexity index is 3630. The minimum atomic E-state index is 1.08. The van der Waals surface area contributed by atoms with Crippen molar-refractivity contribution >= 4 is 71.6 Å². The van der Waals surface area contributed by atoms with E-state index in [0.717, 1.165) is 39.8 Å². The third-order valence-electron chi connectivity index (χ3n) is 12.5. The van der Waals surface area contributed by atoms with Gasteiger partial charge < -0.3 is 18.6 Å². The van der Waals surface area contributed by atoms with Crippen LogP contribution >= 0.6 is 0 Å². The number of anilines is 3. The molecule has 0 amide bonds. The molecular formula is C58H42N4. The molecule has 0 fully saturated rings. The summed E-state index contributed by atoms with van der Waals surface area (Å²) in [6.07, 6.45) is 0. The highest BCUT2D eigenvalue weighted by Gasteiger charge is 2.22. The first-order valence-electron chi connectivity index (χ1n) is 21.3. The predicted octanol–water partition coefficient (Wildman–Crippen LogP) is 15.6. The van der Waals surface area contributed by atoms with Crippen LogP contribution in [0.3, 0.4) is 0 Å². The summed E-state index contributed by atoms with van der Waals surface area (Å²) in [5.74, 6) is 0. The molecule has 0 N–H and O–H groups in total. The number of hydrogen-bond donors (Lipinski definition) is 0. The van der Waals surface area contributed by atoms with Crippen molar-refractivity contribution in [3.05, 3.63) is 230 Å². The summed E-state index contributed by atoms with van der Waals surface area (Å²) in [5, 5.41) is 6.11. The van der Waals surface area contributed by atoms with E-state index in [1.54, 1.807) is 0 Å². The van der Waals surface area contributed by atoms with Gasteiger partial charge in [-0.25, -0.2) is 0 Å². The molecule has 0 aliphatic rings. The van der Waals surface area contributed by atoms with E-state index in [4.69, 9.17) is 0 Å². The molecule has 3 aromatic heterocycles. The second-order valence-corrected chi connectivity index (χ2v) is 16.4. The van der Waals surface area contributed by atoms with Crippen molar-refractivity contribution < 1.29 is 0 Å². The average molecular weight is 795 g/mol. The van der Waals surface area contributed by atoms with Crippen LogP contribution in [-0.2, 0) is 0 Å². The number of para-hydroxylation sites is 3. The Labute approximate surface area is 360 Å². The number of benzene rings is 9. The van der Waals surface area contributed by atoms with Gasteiger partial charge in [-0.05, 0) is 116 Å². The number of aryl methyl sites for hydroxylation is 2. The second-order valence-electron chi connectivity index (χ2n) is 16.4. The van der Waals surface area contributed by atoms with Crippen LogP contribution in [0.25, 0.3) is 82.8 Å². The largest absolute Gasteiger partial charge is 0.310 e. The summed E-state index contributed by atoms with van der Waals surface area (Å²) in [4.78, 5) is 2.41. The predicted molar refractivity (Wildman–Crippen MR) is 262 cm³/mol. The Morgan fingerprint density at radius 2 is 0.839 bits per heavy atom. The molecule has 294 valence electrons. The molecule has 0 bridgehead atoms. The normalized spacial score (nSPS) is 11.7. The fourth-order valence-corrected chi connectivity index (χ4v) is 9.67. The Morgan fingerprint density at radius 3 is 1.58 bits per heavy atom. The van der Waals surface area contributed by atoms with Gasteiger partial charge in [-0.15, -0.1) is 0 Å². The van der Waals surface area contributed by atoms with E-state index in [-0.39, 0.29) is 0 Å². The maximum absolute atomic E-state index is 2.48. The molecule has 0 saturated carbocycles. The molecule has 12 rings (SSSR count). The Kier molecular flexibility index (Phi) is 8.26. The first-order valence-corrected chi connectivity index (χ1v) is 21.3. The van der Waals surface area contributed by atoms with Gasteiger partial charge in [0.05, 0.1) is 33.3 Å². The van der Waals surface area contributed by atoms with E-state index in [2.05, 4.69) is 251 Å². The fourth-order valence-electron chi connectivity index (χ4n) is 9.67. The fraction of sp³-hybridized carbons (Fsp3) is 0.0345. The van der Waals surface area contributed by atoms with Crippen molar-refractivity contribution in [2.24, 2.45) is 0 Å². The van der Waals surface area contributed by atoms with Gasteiger partial charge in [-0.2, -0.15) is 0 Å². The molecule has 4 nitrogen and oxygen atoms in total. The highest BCUT2D eigenvalue weighted by molar-refractivity contribution is 6.19. The maximum atomic E-state index is 2.48. The molecule has 9 aromatic carbocycles. The first-order chi connectivity index (χ1) is 30.6. The van der Waals surface area contributed by atoms with E-state index in [9.17, 15) is 0 Å². The van der Waals surface area contributed by atoms with E-state index in [0.29, 0.717) is 0 Å². The molecule has 0 aliphatic heterocycles. The van der Waals surface area contributed by atoms with E-state index in [1.165, 1.54) is 71.2 Å². The molecule has 62 heavy (non-hydrogen) atoms. The molecule has 0 saturated heterocycles. The lowest BCUT2D eigenvalue weighted by Gasteiger charge is -2.26. The van der Waals surface area contributed by atoms with Crippen LogP contribution in [-0.4, -0.2) is 13.7 Å². The Morgan fingerprint density at radius 1 is 0.306 bits per heavy atom. The smallest absolute Gasteiger partial charge is 0.0635 e. The molecular weight excluding hydrogens is 753 g/mol. The summed E-state index contributed by atoms with van der Waals surface area (Å²) in [7, 11) is 0. The van der Waals surface area contributed by atoms with Crippen molar-refractivity contribution in [1.29, 1.82) is 0 Å². The number of nitrogens with zero attached hydrogens (tertiary/aromatic N) is 4. The molecule has 0 unspecified atom stereocenters. The molecule has 3 heterocycles. The van der Waals surface area contributed by atoms with Gasteiger partial charge in [0, 0.05) is 61.1 Å². The standard InChI is InChI=1S/C58H42N4/c1-39-24-28-43(29-25-39)59(47-32-34-55-51(37-47)49-21-10-11-22-53(49)60(55)44-30-26-40(2)27-31-44)45-18-13-19-46(36-45)62-54-23-12-9-20-48(54)50-33-35-56-52(58(50)62)38-57(41-14-5-3-6-15-41)61(56)42-16-7-4-8-17-42/h3-38H,1-2H3. The molecule has 0 aliphatic carbocycles. The van der Waals surface area contributed by atoms with Crippen LogP contribution in [0.2, 0.25) is 0 Å². The van der Waals surface area contributed by atoms with Gasteiger partial charge in [0.15, 0.2) is 0 Å². The zero-order valence-corrected chi connectivity index (χ0v) is 34.6. The third-order valence-corrected chi connectivity index (χ3v) is 12.5. The van der Waals surface area contributed by atoms with Crippen LogP contribution in [0.15, 0.2) is 218 Å². The van der Waals surface area contributed by atoms with Crippen molar-refractivity contribution in [3.63, 3.8) is 0 Å². The highest BCUT2D eigenvalue weighted by Crippen LogP contribution is 2.44. The lowest BCUT2D eigenvalue weighted by molar-refractivity contribution is 1.13. The lowest BCUT2D eigenvalue weighted by Crippen LogP contribution is -2.10. The summed E-state index contributed by atoms with van der Waals surface area (Å²) in [5.41, 5.74) is 17.4. The maximum Gasteiger partial charge on any atom is 0.0635 e. The van der Waals surface area contributed by atoms with Gasteiger partial charge in [0.2, 0.25) is 0 Å². The van der Waals surface area contributed by atoms with Gasteiger partial charge in [-0.1, -0.05) is 132 Å². The molecule has 12 aromatic rings. The van der Waals surface area contributed by atoms with Crippen molar-refractivity contribution in [2.45, 2.75) is 13.8 Å². The van der Waals surface area contributed by atoms with Crippen molar-refractivity contribution in [1.82, 2.24) is 13.7 Å². The van der Waals surface area contributed by atoms with E-state index in [1.807, 2.05) is 0 Å². The van der Waals surface area contributed by atoms with Gasteiger partial charge >= 0.3 is 0 Å². The van der Waals surface area contributed by atoms with Gasteiger partial charge in [-0.3, -0.25) is 0 Å². The summed E-state index contributed by atoms with van der Waals surface area (Å²) in [6, 6.07) is 79.8. The summed E-state index contributed by atoms with van der Waals surface area (Å²) >= 11 is 0. The Balaban J connectivity index is 1.09. The average Bonchev–Trinajstić information content (AvgIpc) is 3.99. The number of hydrogen-bond acceptors (Lipinski definition) is 1. The van der Waals surface area contributed by atoms with Crippen LogP contribution in [0, 0.1) is 13.8 Å². The van der Waals surface area contributed by atoms with Crippen LogP contribution < -0.4 is 4.90 Å². The summed E-state index contributed by atoms with van der Waals surface area (Å²) in [6.45, 7) is 4.29. The topological polar surface area (TPSA) is 18.0 Å². The third kappa shape index (κ3) is 5.68. The second kappa shape index (κ2) is 14.3. The monoisotopic (exact) mass is 794 g/mol. The Hall–Kier alpha value is -8.08. The first kappa shape index (κ1) is 35.8. The molecule has 4 heteroatoms. The SMILES string of the molecule is Cc1ccc(N(c2cccc(-n3c4ccccc4c4ccc5c(cc(-c6ccccc6)n5-c5ccccc5)c43)c2)c2ccc3c(c2)c2ccccc2n3-c2ccc(C)cc2)cc1. The van der Waals surface area contributed by atoms with Gasteiger partial charge in [0.25, 0.3) is 0 Å². The van der Waals surface area contributed by atoms with E-state index < -0.39 is 0 Å². The minimum Gasteiger partial charge on any atom is -0.310 e. The highest BCUT2D eigenvalue weighted by atomic mass is 15.1. The minimum absolute atomic E-state index is 1.08. The molecule has 0 radical (unpaired) electrons. The zero-order chi connectivity index (χ0) is 41.3. The van der Waals surface area contributed by atoms with Crippen molar-refractivity contribution in [2.75, 3.05) is 4.90 Å². The van der Waals surface area contributed by atoms with Crippen LogP contribution in [0.1, 0.15) is 11.1 Å². The van der Waals surface area contributed by atoms with Gasteiger partial charge in [0.1, 0.15) is 0 Å². The van der Waals surface area contributed by atoms with Crippen LogP contribution in [0.4, 0.5) is 17.1 Å². The van der Waals surface area contributed by atoms with Crippen LogP contribution in [0.5, 0.6) is 0 Å². The lowest BCUT2D eigenvalue weighted by atomic mass is 10.1.